The van der Waals surface area contributed by atoms with E-state index in [9.17, 15) is 4.79 Å². The fourth-order valence-electron chi connectivity index (χ4n) is 2.06. The minimum absolute atomic E-state index is 0.192. The van der Waals surface area contributed by atoms with Crippen molar-refractivity contribution in [2.24, 2.45) is 7.05 Å². The summed E-state index contributed by atoms with van der Waals surface area (Å²) >= 11 is 6.12. The van der Waals surface area contributed by atoms with E-state index in [-0.39, 0.29) is 11.9 Å². The quantitative estimate of drug-likeness (QED) is 0.884. The molecule has 1 atom stereocenters. The Bertz CT molecular complexity index is 678. The third-order valence-corrected chi connectivity index (χ3v) is 3.47. The molecule has 1 unspecified atom stereocenters. The molecule has 0 aliphatic carbocycles. The van der Waals surface area contributed by atoms with Gasteiger partial charge in [-0.3, -0.25) is 4.79 Å². The molecule has 6 heteroatoms. The van der Waals surface area contributed by atoms with Gasteiger partial charge in [-0.05, 0) is 31.1 Å². The Morgan fingerprint density at radius 2 is 2.14 bits per heavy atom. The van der Waals surface area contributed by atoms with E-state index in [1.165, 1.54) is 6.08 Å². The molecular formula is C15H17ClN4O. The van der Waals surface area contributed by atoms with Crippen LogP contribution in [0.5, 0.6) is 0 Å². The van der Waals surface area contributed by atoms with E-state index in [0.29, 0.717) is 10.8 Å². The van der Waals surface area contributed by atoms with E-state index in [4.69, 9.17) is 11.6 Å². The highest BCUT2D eigenvalue weighted by Crippen LogP contribution is 2.22. The molecule has 1 aromatic heterocycles. The predicted molar refractivity (Wildman–Crippen MR) is 82.7 cm³/mol. The molecule has 1 heterocycles. The van der Waals surface area contributed by atoms with Gasteiger partial charge in [-0.15, -0.1) is 10.2 Å². The second kappa shape index (κ2) is 6.54. The number of aryl methyl sites for hydroxylation is 1. The first kappa shape index (κ1) is 15.3. The van der Waals surface area contributed by atoms with Gasteiger partial charge in [-0.2, -0.15) is 0 Å². The van der Waals surface area contributed by atoms with E-state index >= 15 is 0 Å². The molecule has 1 N–H and O–H groups in total. The highest BCUT2D eigenvalue weighted by Gasteiger charge is 2.13. The molecule has 5 nitrogen and oxygen atoms in total. The Morgan fingerprint density at radius 1 is 1.43 bits per heavy atom. The molecule has 0 fully saturated rings. The van der Waals surface area contributed by atoms with Gasteiger partial charge in [-0.25, -0.2) is 0 Å². The molecule has 0 bridgehead atoms. The molecule has 110 valence electrons. The minimum Gasteiger partial charge on any atom is -0.343 e. The SMILES string of the molecule is CC(=CC(=O)NC(C)c1nncn1C)c1ccccc1Cl. The van der Waals surface area contributed by atoms with Gasteiger partial charge >= 0.3 is 0 Å². The van der Waals surface area contributed by atoms with Crippen LogP contribution in [0.4, 0.5) is 0 Å². The van der Waals surface area contributed by atoms with Gasteiger partial charge in [0, 0.05) is 18.1 Å². The average Bonchev–Trinajstić information content (AvgIpc) is 2.85. The fraction of sp³-hybridized carbons (Fsp3) is 0.267. The molecule has 0 aliphatic heterocycles. The molecule has 1 aromatic carbocycles. The first-order valence-corrected chi connectivity index (χ1v) is 6.94. The van der Waals surface area contributed by atoms with Crippen molar-refractivity contribution >= 4 is 23.1 Å². The highest BCUT2D eigenvalue weighted by molar-refractivity contribution is 6.32. The monoisotopic (exact) mass is 304 g/mol. The Balaban J connectivity index is 2.09. The molecule has 2 rings (SSSR count). The van der Waals surface area contributed by atoms with E-state index in [2.05, 4.69) is 15.5 Å². The maximum atomic E-state index is 12.1. The lowest BCUT2D eigenvalue weighted by molar-refractivity contribution is -0.117. The van der Waals surface area contributed by atoms with Crippen LogP contribution in [0.25, 0.3) is 5.57 Å². The molecule has 0 saturated carbocycles. The number of nitrogens with one attached hydrogen (secondary N) is 1. The number of nitrogens with zero attached hydrogens (tertiary/aromatic N) is 3. The van der Waals surface area contributed by atoms with Crippen molar-refractivity contribution in [3.05, 3.63) is 53.1 Å². The Kier molecular flexibility index (Phi) is 4.75. The predicted octanol–water partition coefficient (Wildman–Crippen LogP) is 2.75. The van der Waals surface area contributed by atoms with E-state index in [1.807, 2.05) is 39.1 Å². The van der Waals surface area contributed by atoms with Gasteiger partial charge in [0.1, 0.15) is 6.33 Å². The van der Waals surface area contributed by atoms with Gasteiger partial charge in [-0.1, -0.05) is 29.8 Å². The van der Waals surface area contributed by atoms with E-state index in [0.717, 1.165) is 11.1 Å². The minimum atomic E-state index is -0.222. The van der Waals surface area contributed by atoms with Crippen molar-refractivity contribution in [1.29, 1.82) is 0 Å². The molecule has 21 heavy (non-hydrogen) atoms. The van der Waals surface area contributed by atoms with E-state index in [1.54, 1.807) is 17.0 Å². The number of rotatable bonds is 4. The van der Waals surface area contributed by atoms with Crippen LogP contribution >= 0.6 is 11.6 Å². The smallest absolute Gasteiger partial charge is 0.244 e. The topological polar surface area (TPSA) is 59.8 Å². The number of aromatic nitrogens is 3. The third kappa shape index (κ3) is 3.70. The number of carbonyl (C=O) groups is 1. The normalized spacial score (nSPS) is 13.0. The number of benzene rings is 1. The summed E-state index contributed by atoms with van der Waals surface area (Å²) in [5, 5.41) is 11.3. The van der Waals surface area contributed by atoms with Crippen LogP contribution in [0, 0.1) is 0 Å². The van der Waals surface area contributed by atoms with Crippen molar-refractivity contribution in [3.8, 4) is 0 Å². The lowest BCUT2D eigenvalue weighted by Crippen LogP contribution is -2.26. The number of halogens is 1. The highest BCUT2D eigenvalue weighted by atomic mass is 35.5. The van der Waals surface area contributed by atoms with Gasteiger partial charge in [0.15, 0.2) is 5.82 Å². The molecule has 0 spiro atoms. The number of hydrogen-bond donors (Lipinski definition) is 1. The second-order valence-corrected chi connectivity index (χ2v) is 5.24. The van der Waals surface area contributed by atoms with Crippen molar-refractivity contribution in [2.75, 3.05) is 0 Å². The van der Waals surface area contributed by atoms with Gasteiger partial charge in [0.25, 0.3) is 0 Å². The first-order valence-electron chi connectivity index (χ1n) is 6.56. The Labute approximate surface area is 128 Å². The Morgan fingerprint density at radius 3 is 2.76 bits per heavy atom. The summed E-state index contributed by atoms with van der Waals surface area (Å²) in [7, 11) is 1.84. The van der Waals surface area contributed by atoms with Crippen LogP contribution in [0.3, 0.4) is 0 Å². The van der Waals surface area contributed by atoms with Crippen LogP contribution in [0.15, 0.2) is 36.7 Å². The maximum absolute atomic E-state index is 12.1. The van der Waals surface area contributed by atoms with Gasteiger partial charge in [0.2, 0.25) is 5.91 Å². The zero-order valence-corrected chi connectivity index (χ0v) is 12.9. The van der Waals surface area contributed by atoms with Crippen molar-refractivity contribution < 1.29 is 4.79 Å². The number of carbonyl (C=O) groups excluding carboxylic acids is 1. The largest absolute Gasteiger partial charge is 0.343 e. The summed E-state index contributed by atoms with van der Waals surface area (Å²) in [6, 6.07) is 7.20. The third-order valence-electron chi connectivity index (χ3n) is 3.14. The number of hydrogen-bond acceptors (Lipinski definition) is 3. The molecular weight excluding hydrogens is 288 g/mol. The molecule has 0 aliphatic rings. The van der Waals surface area contributed by atoms with Crippen LogP contribution in [0.2, 0.25) is 5.02 Å². The summed E-state index contributed by atoms with van der Waals surface area (Å²) in [5.41, 5.74) is 1.66. The van der Waals surface area contributed by atoms with Crippen LogP contribution < -0.4 is 5.32 Å². The van der Waals surface area contributed by atoms with E-state index < -0.39 is 0 Å². The summed E-state index contributed by atoms with van der Waals surface area (Å²) in [6.07, 6.45) is 3.14. The van der Waals surface area contributed by atoms with Crippen LogP contribution in [0.1, 0.15) is 31.3 Å². The maximum Gasteiger partial charge on any atom is 0.244 e. The summed E-state index contributed by atoms with van der Waals surface area (Å²) < 4.78 is 1.77. The van der Waals surface area contributed by atoms with Gasteiger partial charge in [0.05, 0.1) is 6.04 Å². The summed E-state index contributed by atoms with van der Waals surface area (Å²) in [6.45, 7) is 3.72. The molecule has 1 amide bonds. The fourth-order valence-corrected chi connectivity index (χ4v) is 2.34. The zero-order valence-electron chi connectivity index (χ0n) is 12.2. The lowest BCUT2D eigenvalue weighted by atomic mass is 10.1. The standard InChI is InChI=1S/C15H17ClN4O/c1-10(12-6-4-5-7-13(12)16)8-14(21)18-11(2)15-19-17-9-20(15)3/h4-9,11H,1-3H3,(H,18,21). The summed E-state index contributed by atoms with van der Waals surface area (Å²) in [4.78, 5) is 12.1. The lowest BCUT2D eigenvalue weighted by Gasteiger charge is -2.12. The molecule has 0 radical (unpaired) electrons. The molecule has 2 aromatic rings. The van der Waals surface area contributed by atoms with Crippen molar-refractivity contribution in [2.45, 2.75) is 19.9 Å². The van der Waals surface area contributed by atoms with Gasteiger partial charge < -0.3 is 9.88 Å². The second-order valence-electron chi connectivity index (χ2n) is 4.84. The van der Waals surface area contributed by atoms with Crippen molar-refractivity contribution in [1.82, 2.24) is 20.1 Å². The summed E-state index contributed by atoms with van der Waals surface area (Å²) in [5.74, 6) is 0.509. The van der Waals surface area contributed by atoms with Crippen LogP contribution in [-0.2, 0) is 11.8 Å². The van der Waals surface area contributed by atoms with Crippen LogP contribution in [-0.4, -0.2) is 20.7 Å². The average molecular weight is 305 g/mol. The first-order chi connectivity index (χ1) is 9.99. The number of allylic oxidation sites excluding steroid dienone is 1. The molecule has 0 saturated heterocycles. The zero-order chi connectivity index (χ0) is 15.4. The number of amides is 1. The van der Waals surface area contributed by atoms with Crippen molar-refractivity contribution in [3.63, 3.8) is 0 Å². The Hall–Kier alpha value is -2.14.